The van der Waals surface area contributed by atoms with E-state index in [9.17, 15) is 10.1 Å². The Morgan fingerprint density at radius 2 is 1.90 bits per heavy atom. The van der Waals surface area contributed by atoms with Crippen molar-refractivity contribution >= 4 is 44.8 Å². The van der Waals surface area contributed by atoms with Crippen LogP contribution in [0.5, 0.6) is 11.5 Å². The van der Waals surface area contributed by atoms with Crippen molar-refractivity contribution in [3.05, 3.63) is 61.6 Å². The number of ether oxygens (including phenoxy) is 1. The average Bonchev–Trinajstić information content (AvgIpc) is 2.42. The quantitative estimate of drug-likeness (QED) is 0.399. The Labute approximate surface area is 133 Å². The first-order chi connectivity index (χ1) is 9.51. The van der Waals surface area contributed by atoms with E-state index < -0.39 is 4.92 Å². The van der Waals surface area contributed by atoms with Crippen LogP contribution < -0.4 is 4.74 Å². The molecule has 0 aromatic heterocycles. The van der Waals surface area contributed by atoms with E-state index in [1.165, 1.54) is 18.2 Å². The highest BCUT2D eigenvalue weighted by Gasteiger charge is 2.12. The van der Waals surface area contributed by atoms with Crippen molar-refractivity contribution in [1.29, 1.82) is 0 Å². The second-order valence-corrected chi connectivity index (χ2v) is 5.45. The third kappa shape index (κ3) is 3.42. The van der Waals surface area contributed by atoms with Gasteiger partial charge in [0.15, 0.2) is 0 Å². The third-order valence-electron chi connectivity index (χ3n) is 2.51. The molecule has 0 fully saturated rings. The van der Waals surface area contributed by atoms with E-state index >= 15 is 0 Å². The fourth-order valence-corrected chi connectivity index (χ4v) is 2.39. The highest BCUT2D eigenvalue weighted by atomic mass is 79.9. The van der Waals surface area contributed by atoms with E-state index in [4.69, 9.17) is 27.9 Å². The summed E-state index contributed by atoms with van der Waals surface area (Å²) >= 11 is 15.2. The molecule has 2 rings (SSSR count). The number of nitro groups is 1. The van der Waals surface area contributed by atoms with Gasteiger partial charge in [-0.15, -0.1) is 11.6 Å². The van der Waals surface area contributed by atoms with Crippen molar-refractivity contribution in [3.63, 3.8) is 0 Å². The van der Waals surface area contributed by atoms with Gasteiger partial charge < -0.3 is 4.74 Å². The summed E-state index contributed by atoms with van der Waals surface area (Å²) in [6, 6.07) is 9.43. The molecular weight excluding hydrogens is 369 g/mol. The molecule has 0 aliphatic heterocycles. The Bertz CT molecular complexity index is 664. The van der Waals surface area contributed by atoms with Gasteiger partial charge in [0, 0.05) is 22.2 Å². The number of hydrogen-bond donors (Lipinski definition) is 0. The fraction of sp³-hybridized carbons (Fsp3) is 0.0769. The SMILES string of the molecule is O=[N+]([O-])c1ccc(Oc2ccc(Br)cc2CCl)c(Cl)c1. The molecule has 104 valence electrons. The van der Waals surface area contributed by atoms with Gasteiger partial charge in [0.05, 0.1) is 15.8 Å². The summed E-state index contributed by atoms with van der Waals surface area (Å²) in [6.45, 7) is 0. The van der Waals surface area contributed by atoms with Crippen LogP contribution in [0.15, 0.2) is 40.9 Å². The largest absolute Gasteiger partial charge is 0.455 e. The molecule has 2 aromatic carbocycles. The van der Waals surface area contributed by atoms with Crippen molar-refractivity contribution in [3.8, 4) is 11.5 Å². The van der Waals surface area contributed by atoms with Crippen LogP contribution in [0.3, 0.4) is 0 Å². The maximum atomic E-state index is 10.6. The molecule has 0 spiro atoms. The topological polar surface area (TPSA) is 52.4 Å². The minimum absolute atomic E-state index is 0.0873. The van der Waals surface area contributed by atoms with Gasteiger partial charge in [-0.2, -0.15) is 0 Å². The predicted octanol–water partition coefficient (Wildman–Crippen LogP) is 5.54. The summed E-state index contributed by atoms with van der Waals surface area (Å²) in [5.74, 6) is 1.17. The number of rotatable bonds is 4. The lowest BCUT2D eigenvalue weighted by Crippen LogP contribution is -1.92. The van der Waals surface area contributed by atoms with Crippen LogP contribution in [0, 0.1) is 10.1 Å². The van der Waals surface area contributed by atoms with E-state index in [1.807, 2.05) is 12.1 Å². The normalized spacial score (nSPS) is 10.3. The molecule has 0 saturated carbocycles. The molecule has 0 N–H and O–H groups in total. The van der Waals surface area contributed by atoms with Gasteiger partial charge in [-0.05, 0) is 24.3 Å². The lowest BCUT2D eigenvalue weighted by molar-refractivity contribution is -0.384. The number of nitrogens with zero attached hydrogens (tertiary/aromatic N) is 1. The molecule has 20 heavy (non-hydrogen) atoms. The average molecular weight is 377 g/mol. The number of halogens is 3. The number of alkyl halides is 1. The first-order valence-electron chi connectivity index (χ1n) is 5.47. The fourth-order valence-electron chi connectivity index (χ4n) is 1.56. The molecule has 0 bridgehead atoms. The van der Waals surface area contributed by atoms with Crippen molar-refractivity contribution in [2.75, 3.05) is 0 Å². The minimum atomic E-state index is -0.514. The Hall–Kier alpha value is -1.30. The van der Waals surface area contributed by atoms with Gasteiger partial charge >= 0.3 is 0 Å². The van der Waals surface area contributed by atoms with Crippen molar-refractivity contribution in [2.24, 2.45) is 0 Å². The summed E-state index contributed by atoms with van der Waals surface area (Å²) in [5.41, 5.74) is 0.700. The van der Waals surface area contributed by atoms with Gasteiger partial charge in [0.1, 0.15) is 11.5 Å². The van der Waals surface area contributed by atoms with Gasteiger partial charge in [0.25, 0.3) is 5.69 Å². The van der Waals surface area contributed by atoms with Crippen LogP contribution in [0.2, 0.25) is 5.02 Å². The number of hydrogen-bond acceptors (Lipinski definition) is 3. The molecule has 0 aliphatic carbocycles. The summed E-state index contributed by atoms with van der Waals surface area (Å²) in [6.07, 6.45) is 0. The molecule has 2 aromatic rings. The van der Waals surface area contributed by atoms with E-state index in [2.05, 4.69) is 15.9 Å². The third-order valence-corrected chi connectivity index (χ3v) is 3.59. The molecule has 0 aliphatic rings. The van der Waals surface area contributed by atoms with Crippen LogP contribution in [0.4, 0.5) is 5.69 Å². The highest BCUT2D eigenvalue weighted by molar-refractivity contribution is 9.10. The lowest BCUT2D eigenvalue weighted by atomic mass is 10.2. The summed E-state index contributed by atoms with van der Waals surface area (Å²) in [7, 11) is 0. The summed E-state index contributed by atoms with van der Waals surface area (Å²) in [5, 5.41) is 10.8. The Balaban J connectivity index is 2.33. The maximum Gasteiger partial charge on any atom is 0.271 e. The maximum absolute atomic E-state index is 10.6. The van der Waals surface area contributed by atoms with E-state index in [0.717, 1.165) is 10.0 Å². The Morgan fingerprint density at radius 3 is 2.50 bits per heavy atom. The first-order valence-corrected chi connectivity index (χ1v) is 7.18. The summed E-state index contributed by atoms with van der Waals surface area (Å²) in [4.78, 5) is 10.1. The van der Waals surface area contributed by atoms with Crippen LogP contribution >= 0.6 is 39.1 Å². The lowest BCUT2D eigenvalue weighted by Gasteiger charge is -2.11. The molecule has 0 atom stereocenters. The highest BCUT2D eigenvalue weighted by Crippen LogP contribution is 2.35. The number of non-ortho nitro benzene ring substituents is 1. The number of nitro benzene ring substituents is 1. The second kappa shape index (κ2) is 6.43. The van der Waals surface area contributed by atoms with Crippen molar-refractivity contribution in [1.82, 2.24) is 0 Å². The summed E-state index contributed by atoms with van der Waals surface area (Å²) < 4.78 is 6.55. The monoisotopic (exact) mass is 375 g/mol. The zero-order chi connectivity index (χ0) is 14.7. The van der Waals surface area contributed by atoms with Crippen LogP contribution in [0.1, 0.15) is 5.56 Å². The Morgan fingerprint density at radius 1 is 1.20 bits per heavy atom. The van der Waals surface area contributed by atoms with E-state index in [0.29, 0.717) is 11.5 Å². The Kier molecular flexibility index (Phi) is 4.86. The minimum Gasteiger partial charge on any atom is -0.455 e. The predicted molar refractivity (Wildman–Crippen MR) is 81.9 cm³/mol. The molecule has 4 nitrogen and oxygen atoms in total. The zero-order valence-corrected chi connectivity index (χ0v) is 13.1. The van der Waals surface area contributed by atoms with Gasteiger partial charge in [-0.1, -0.05) is 27.5 Å². The smallest absolute Gasteiger partial charge is 0.271 e. The molecule has 7 heteroatoms. The van der Waals surface area contributed by atoms with E-state index in [1.54, 1.807) is 6.07 Å². The van der Waals surface area contributed by atoms with Gasteiger partial charge in [0.2, 0.25) is 0 Å². The van der Waals surface area contributed by atoms with E-state index in [-0.39, 0.29) is 16.6 Å². The second-order valence-electron chi connectivity index (χ2n) is 3.86. The van der Waals surface area contributed by atoms with Crippen LogP contribution in [-0.2, 0) is 5.88 Å². The van der Waals surface area contributed by atoms with Crippen molar-refractivity contribution in [2.45, 2.75) is 5.88 Å². The van der Waals surface area contributed by atoms with Gasteiger partial charge in [-0.25, -0.2) is 0 Å². The molecule has 0 radical (unpaired) electrons. The van der Waals surface area contributed by atoms with Gasteiger partial charge in [-0.3, -0.25) is 10.1 Å². The number of benzene rings is 2. The molecule has 0 saturated heterocycles. The van der Waals surface area contributed by atoms with Crippen LogP contribution in [0.25, 0.3) is 0 Å². The first kappa shape index (κ1) is 15.1. The zero-order valence-electron chi connectivity index (χ0n) is 9.98. The van der Waals surface area contributed by atoms with Crippen molar-refractivity contribution < 1.29 is 9.66 Å². The molecule has 0 heterocycles. The molecule has 0 unspecified atom stereocenters. The van der Waals surface area contributed by atoms with Crippen LogP contribution in [-0.4, -0.2) is 4.92 Å². The molecular formula is C13H8BrCl2NO3. The molecule has 0 amide bonds. The standard InChI is InChI=1S/C13H8BrCl2NO3/c14-9-1-3-12(8(5-9)7-15)20-13-4-2-10(17(18)19)6-11(13)16/h1-6H,7H2.